The van der Waals surface area contributed by atoms with E-state index in [9.17, 15) is 8.42 Å². The Balaban J connectivity index is 1.60. The van der Waals surface area contributed by atoms with Gasteiger partial charge in [0.05, 0.1) is 24.2 Å². The van der Waals surface area contributed by atoms with Gasteiger partial charge in [0.25, 0.3) is 0 Å². The van der Waals surface area contributed by atoms with Crippen LogP contribution < -0.4 is 4.74 Å². The van der Waals surface area contributed by atoms with Crippen molar-refractivity contribution in [2.45, 2.75) is 17.4 Å². The Bertz CT molecular complexity index is 835. The van der Waals surface area contributed by atoms with E-state index in [1.165, 1.54) is 4.31 Å². The molecule has 1 unspecified atom stereocenters. The van der Waals surface area contributed by atoms with Crippen LogP contribution in [0.5, 0.6) is 5.75 Å². The first-order chi connectivity index (χ1) is 11.6. The topological polar surface area (TPSA) is 55.8 Å². The highest BCUT2D eigenvalue weighted by Gasteiger charge is 2.32. The van der Waals surface area contributed by atoms with Gasteiger partial charge in [0.15, 0.2) is 0 Å². The average Bonchev–Trinajstić information content (AvgIpc) is 3.10. The summed E-state index contributed by atoms with van der Waals surface area (Å²) in [7, 11) is -3.53. The third-order valence-corrected chi connectivity index (χ3v) is 6.36. The zero-order chi connectivity index (χ0) is 16.6. The summed E-state index contributed by atoms with van der Waals surface area (Å²) in [6.45, 7) is 1.72. The molecule has 2 aromatic rings. The van der Waals surface area contributed by atoms with E-state index >= 15 is 0 Å². The molecule has 0 aromatic heterocycles. The van der Waals surface area contributed by atoms with E-state index in [1.807, 2.05) is 30.3 Å². The van der Waals surface area contributed by atoms with Gasteiger partial charge >= 0.3 is 0 Å². The Kier molecular flexibility index (Phi) is 4.04. The first-order valence-electron chi connectivity index (χ1n) is 8.07. The highest BCUT2D eigenvalue weighted by Crippen LogP contribution is 2.31. The fourth-order valence-corrected chi connectivity index (χ4v) is 4.66. The van der Waals surface area contributed by atoms with Crippen LogP contribution >= 0.6 is 0 Å². The summed E-state index contributed by atoms with van der Waals surface area (Å²) in [4.78, 5) is 0.334. The normalized spacial score (nSPS) is 21.2. The molecular weight excluding hydrogens is 326 g/mol. The van der Waals surface area contributed by atoms with Gasteiger partial charge in [0.1, 0.15) is 5.75 Å². The Labute approximate surface area is 141 Å². The van der Waals surface area contributed by atoms with Gasteiger partial charge in [-0.15, -0.1) is 0 Å². The van der Waals surface area contributed by atoms with Crippen LogP contribution in [-0.2, 0) is 21.2 Å². The minimum atomic E-state index is -3.53. The van der Waals surface area contributed by atoms with Gasteiger partial charge in [0.2, 0.25) is 10.0 Å². The third-order valence-electron chi connectivity index (χ3n) is 4.50. The standard InChI is InChI=1S/C18H19NO4S/c20-24(21,16-6-7-17-15(12-16)8-10-22-17)19-9-11-23-18(13-19)14-4-2-1-3-5-14/h1-7,12,18H,8-11,13H2. The van der Waals surface area contributed by atoms with E-state index in [4.69, 9.17) is 9.47 Å². The minimum Gasteiger partial charge on any atom is -0.493 e. The van der Waals surface area contributed by atoms with Gasteiger partial charge in [0, 0.05) is 19.5 Å². The average molecular weight is 345 g/mol. The molecule has 126 valence electrons. The number of ether oxygens (including phenoxy) is 2. The summed E-state index contributed by atoms with van der Waals surface area (Å²) in [6.07, 6.45) is 0.529. The maximum Gasteiger partial charge on any atom is 0.243 e. The predicted octanol–water partition coefficient (Wildman–Crippen LogP) is 2.38. The number of rotatable bonds is 3. The first-order valence-corrected chi connectivity index (χ1v) is 9.51. The molecule has 0 aliphatic carbocycles. The smallest absolute Gasteiger partial charge is 0.243 e. The summed E-state index contributed by atoms with van der Waals surface area (Å²) in [5.41, 5.74) is 1.96. The van der Waals surface area contributed by atoms with E-state index in [0.717, 1.165) is 23.3 Å². The lowest BCUT2D eigenvalue weighted by Gasteiger charge is -2.32. The van der Waals surface area contributed by atoms with Gasteiger partial charge in [-0.2, -0.15) is 4.31 Å². The summed E-state index contributed by atoms with van der Waals surface area (Å²) in [6, 6.07) is 14.9. The number of benzene rings is 2. The first kappa shape index (κ1) is 15.6. The molecule has 5 nitrogen and oxygen atoms in total. The molecule has 2 heterocycles. The lowest BCUT2D eigenvalue weighted by Crippen LogP contribution is -2.42. The van der Waals surface area contributed by atoms with E-state index in [-0.39, 0.29) is 6.10 Å². The fraction of sp³-hybridized carbons (Fsp3) is 0.333. The van der Waals surface area contributed by atoms with Crippen LogP contribution in [0, 0.1) is 0 Å². The summed E-state index contributed by atoms with van der Waals surface area (Å²) < 4.78 is 38.7. The van der Waals surface area contributed by atoms with Gasteiger partial charge in [-0.1, -0.05) is 30.3 Å². The molecule has 0 spiro atoms. The summed E-state index contributed by atoms with van der Waals surface area (Å²) in [5.74, 6) is 0.790. The van der Waals surface area contributed by atoms with Crippen LogP contribution in [0.2, 0.25) is 0 Å². The Hall–Kier alpha value is -1.89. The van der Waals surface area contributed by atoms with E-state index in [1.54, 1.807) is 18.2 Å². The molecule has 6 heteroatoms. The van der Waals surface area contributed by atoms with Gasteiger partial charge in [-0.05, 0) is 29.3 Å². The van der Waals surface area contributed by atoms with Gasteiger partial charge < -0.3 is 9.47 Å². The van der Waals surface area contributed by atoms with Crippen LogP contribution in [0.3, 0.4) is 0 Å². The van der Waals surface area contributed by atoms with Gasteiger partial charge in [-0.3, -0.25) is 0 Å². The number of hydrogen-bond acceptors (Lipinski definition) is 4. The zero-order valence-electron chi connectivity index (χ0n) is 13.2. The molecule has 1 fully saturated rings. The van der Waals surface area contributed by atoms with Crippen LogP contribution in [-0.4, -0.2) is 39.0 Å². The lowest BCUT2D eigenvalue weighted by atomic mass is 10.1. The summed E-state index contributed by atoms with van der Waals surface area (Å²) in [5, 5.41) is 0. The van der Waals surface area contributed by atoms with Gasteiger partial charge in [-0.25, -0.2) is 8.42 Å². The van der Waals surface area contributed by atoms with E-state index in [2.05, 4.69) is 0 Å². The van der Waals surface area contributed by atoms with Crippen molar-refractivity contribution in [3.8, 4) is 5.75 Å². The second kappa shape index (κ2) is 6.20. The largest absolute Gasteiger partial charge is 0.493 e. The molecule has 1 saturated heterocycles. The van der Waals surface area contributed by atoms with Crippen molar-refractivity contribution < 1.29 is 17.9 Å². The number of hydrogen-bond donors (Lipinski definition) is 0. The molecule has 2 aromatic carbocycles. The Morgan fingerprint density at radius 1 is 1.04 bits per heavy atom. The van der Waals surface area contributed by atoms with Crippen molar-refractivity contribution in [3.63, 3.8) is 0 Å². The highest BCUT2D eigenvalue weighted by molar-refractivity contribution is 7.89. The molecule has 0 amide bonds. The van der Waals surface area contributed by atoms with Crippen LogP contribution in [0.15, 0.2) is 53.4 Å². The van der Waals surface area contributed by atoms with Crippen molar-refractivity contribution in [3.05, 3.63) is 59.7 Å². The minimum absolute atomic E-state index is 0.229. The molecule has 0 radical (unpaired) electrons. The van der Waals surface area contributed by atoms with Crippen LogP contribution in [0.1, 0.15) is 17.2 Å². The predicted molar refractivity (Wildman–Crippen MR) is 89.5 cm³/mol. The summed E-state index contributed by atoms with van der Waals surface area (Å²) >= 11 is 0. The van der Waals surface area contributed by atoms with E-state index in [0.29, 0.717) is 31.2 Å². The van der Waals surface area contributed by atoms with Crippen LogP contribution in [0.25, 0.3) is 0 Å². The van der Waals surface area contributed by atoms with Crippen molar-refractivity contribution in [1.82, 2.24) is 4.31 Å². The number of nitrogens with zero attached hydrogens (tertiary/aromatic N) is 1. The monoisotopic (exact) mass is 345 g/mol. The second-order valence-electron chi connectivity index (χ2n) is 6.00. The Morgan fingerprint density at radius 3 is 2.71 bits per heavy atom. The fourth-order valence-electron chi connectivity index (χ4n) is 3.19. The second-order valence-corrected chi connectivity index (χ2v) is 7.94. The Morgan fingerprint density at radius 2 is 1.88 bits per heavy atom. The van der Waals surface area contributed by atoms with Crippen molar-refractivity contribution in [2.75, 3.05) is 26.3 Å². The number of fused-ring (bicyclic) bond motifs is 1. The molecule has 0 saturated carbocycles. The van der Waals surface area contributed by atoms with Crippen molar-refractivity contribution in [1.29, 1.82) is 0 Å². The molecule has 0 bridgehead atoms. The van der Waals surface area contributed by atoms with Crippen molar-refractivity contribution in [2.24, 2.45) is 0 Å². The maximum atomic E-state index is 13.0. The van der Waals surface area contributed by atoms with Crippen molar-refractivity contribution >= 4 is 10.0 Å². The van der Waals surface area contributed by atoms with Crippen LogP contribution in [0.4, 0.5) is 0 Å². The van der Waals surface area contributed by atoms with E-state index < -0.39 is 10.0 Å². The highest BCUT2D eigenvalue weighted by atomic mass is 32.2. The lowest BCUT2D eigenvalue weighted by molar-refractivity contribution is -0.00255. The third kappa shape index (κ3) is 2.81. The quantitative estimate of drug-likeness (QED) is 0.857. The maximum absolute atomic E-state index is 13.0. The molecule has 2 aliphatic rings. The molecule has 0 N–H and O–H groups in total. The number of morpholine rings is 1. The number of sulfonamides is 1. The SMILES string of the molecule is O=S(=O)(c1ccc2c(c1)CCO2)N1CCOC(c2ccccc2)C1. The molecular formula is C18H19NO4S. The molecule has 2 aliphatic heterocycles. The zero-order valence-corrected chi connectivity index (χ0v) is 14.0. The molecule has 24 heavy (non-hydrogen) atoms. The molecule has 1 atom stereocenters. The molecule has 4 rings (SSSR count).